The molecule has 6 heteroatoms. The molecule has 0 spiro atoms. The van der Waals surface area contributed by atoms with Crippen LogP contribution in [-0.2, 0) is 16.4 Å². The number of hydrogen-bond donors (Lipinski definition) is 0. The van der Waals surface area contributed by atoms with Crippen LogP contribution in [0.3, 0.4) is 0 Å². The first-order chi connectivity index (χ1) is 10.7. The van der Waals surface area contributed by atoms with Crippen LogP contribution in [0.25, 0.3) is 0 Å². The Morgan fingerprint density at radius 3 is 2.26 bits per heavy atom. The second kappa shape index (κ2) is 6.58. The smallest absolute Gasteiger partial charge is 0.202 e. The molecule has 0 aliphatic heterocycles. The molecule has 0 saturated heterocycles. The first kappa shape index (κ1) is 17.3. The Kier molecular flexibility index (Phi) is 4.94. The lowest BCUT2D eigenvalue weighted by Crippen LogP contribution is -2.13. The van der Waals surface area contributed by atoms with Gasteiger partial charge in [-0.05, 0) is 51.1 Å². The van der Waals surface area contributed by atoms with Crippen LogP contribution in [0.15, 0.2) is 35.2 Å². The van der Waals surface area contributed by atoms with Gasteiger partial charge in [-0.2, -0.15) is 0 Å². The zero-order valence-corrected chi connectivity index (χ0v) is 14.6. The molecule has 0 unspecified atom stereocenters. The Morgan fingerprint density at radius 1 is 1.17 bits per heavy atom. The van der Waals surface area contributed by atoms with E-state index >= 15 is 0 Å². The molecule has 0 aliphatic rings. The minimum atomic E-state index is -3.23. The SMILES string of the molecule is CCn1c(C)cc(C(=O)COc2ccc(S(C)(=O)=O)cc2)c1C. The quantitative estimate of drug-likeness (QED) is 0.762. The molecule has 124 valence electrons. The van der Waals surface area contributed by atoms with E-state index in [1.54, 1.807) is 12.1 Å². The Bertz CT molecular complexity index is 817. The monoisotopic (exact) mass is 335 g/mol. The summed E-state index contributed by atoms with van der Waals surface area (Å²) in [5.41, 5.74) is 2.65. The molecular weight excluding hydrogens is 314 g/mol. The number of nitrogens with zero attached hydrogens (tertiary/aromatic N) is 1. The largest absolute Gasteiger partial charge is 0.485 e. The van der Waals surface area contributed by atoms with E-state index in [-0.39, 0.29) is 17.3 Å². The molecule has 0 atom stereocenters. The van der Waals surface area contributed by atoms with Gasteiger partial charge in [-0.25, -0.2) is 8.42 Å². The molecule has 2 aromatic rings. The Labute approximate surface area is 136 Å². The van der Waals surface area contributed by atoms with Crippen LogP contribution in [0.4, 0.5) is 0 Å². The molecule has 2 rings (SSSR count). The van der Waals surface area contributed by atoms with Gasteiger partial charge in [0.15, 0.2) is 16.4 Å². The first-order valence-electron chi connectivity index (χ1n) is 7.37. The van der Waals surface area contributed by atoms with E-state index in [9.17, 15) is 13.2 Å². The van der Waals surface area contributed by atoms with Gasteiger partial charge in [-0.3, -0.25) is 4.79 Å². The molecule has 0 amide bonds. The topological polar surface area (TPSA) is 65.4 Å². The summed E-state index contributed by atoms with van der Waals surface area (Å²) in [6.45, 7) is 6.67. The van der Waals surface area contributed by atoms with Crippen LogP contribution in [0.1, 0.15) is 28.7 Å². The van der Waals surface area contributed by atoms with E-state index in [0.717, 1.165) is 24.2 Å². The molecule has 23 heavy (non-hydrogen) atoms. The average Bonchev–Trinajstić information content (AvgIpc) is 2.78. The number of aromatic nitrogens is 1. The number of hydrogen-bond acceptors (Lipinski definition) is 4. The molecule has 0 saturated carbocycles. The van der Waals surface area contributed by atoms with Gasteiger partial charge >= 0.3 is 0 Å². The summed E-state index contributed by atoms with van der Waals surface area (Å²) >= 11 is 0. The van der Waals surface area contributed by atoms with Crippen LogP contribution in [0.5, 0.6) is 5.75 Å². The van der Waals surface area contributed by atoms with Crippen molar-refractivity contribution in [3.63, 3.8) is 0 Å². The van der Waals surface area contributed by atoms with Crippen LogP contribution in [-0.4, -0.2) is 31.6 Å². The number of benzene rings is 1. The lowest BCUT2D eigenvalue weighted by Gasteiger charge is -2.07. The van der Waals surface area contributed by atoms with E-state index in [1.807, 2.05) is 26.8 Å². The Balaban J connectivity index is 2.08. The van der Waals surface area contributed by atoms with E-state index in [4.69, 9.17) is 4.74 Å². The van der Waals surface area contributed by atoms with Crippen molar-refractivity contribution in [2.75, 3.05) is 12.9 Å². The van der Waals surface area contributed by atoms with Gasteiger partial charge < -0.3 is 9.30 Å². The predicted molar refractivity (Wildman–Crippen MR) is 89.0 cm³/mol. The summed E-state index contributed by atoms with van der Waals surface area (Å²) in [6, 6.07) is 7.92. The lowest BCUT2D eigenvalue weighted by atomic mass is 10.1. The number of rotatable bonds is 6. The zero-order valence-electron chi connectivity index (χ0n) is 13.8. The van der Waals surface area contributed by atoms with E-state index in [2.05, 4.69) is 4.57 Å². The Hall–Kier alpha value is -2.08. The summed E-state index contributed by atoms with van der Waals surface area (Å²) in [4.78, 5) is 12.5. The molecule has 1 aromatic carbocycles. The van der Waals surface area contributed by atoms with Gasteiger partial charge in [-0.15, -0.1) is 0 Å². The average molecular weight is 335 g/mol. The highest BCUT2D eigenvalue weighted by Gasteiger charge is 2.15. The van der Waals surface area contributed by atoms with Gasteiger partial charge in [0.1, 0.15) is 5.75 Å². The third kappa shape index (κ3) is 3.82. The van der Waals surface area contributed by atoms with Crippen molar-refractivity contribution in [2.45, 2.75) is 32.2 Å². The molecule has 1 aromatic heterocycles. The molecular formula is C17H21NO4S. The highest BCUT2D eigenvalue weighted by molar-refractivity contribution is 7.90. The lowest BCUT2D eigenvalue weighted by molar-refractivity contribution is 0.0920. The molecule has 0 bridgehead atoms. The van der Waals surface area contributed by atoms with Crippen molar-refractivity contribution in [1.82, 2.24) is 4.57 Å². The normalized spacial score (nSPS) is 11.5. The Morgan fingerprint density at radius 2 is 1.78 bits per heavy atom. The summed E-state index contributed by atoms with van der Waals surface area (Å²) in [7, 11) is -3.23. The molecule has 0 radical (unpaired) electrons. The molecule has 0 fully saturated rings. The third-order valence-electron chi connectivity index (χ3n) is 3.81. The summed E-state index contributed by atoms with van der Waals surface area (Å²) in [5, 5.41) is 0. The van der Waals surface area contributed by atoms with E-state index in [1.165, 1.54) is 12.1 Å². The standard InChI is InChI=1S/C17H21NO4S/c1-5-18-12(2)10-16(13(18)3)17(19)11-22-14-6-8-15(9-7-14)23(4,20)21/h6-10H,5,11H2,1-4H3. The van der Waals surface area contributed by atoms with Crippen molar-refractivity contribution in [1.29, 1.82) is 0 Å². The fraction of sp³-hybridized carbons (Fsp3) is 0.353. The van der Waals surface area contributed by atoms with Crippen LogP contribution in [0, 0.1) is 13.8 Å². The second-order valence-corrected chi connectivity index (χ2v) is 7.50. The molecule has 0 aliphatic carbocycles. The molecule has 1 heterocycles. The number of sulfone groups is 1. The van der Waals surface area contributed by atoms with Gasteiger partial charge in [0.05, 0.1) is 4.90 Å². The predicted octanol–water partition coefficient (Wildman–Crippen LogP) is 2.79. The van der Waals surface area contributed by atoms with Crippen molar-refractivity contribution >= 4 is 15.6 Å². The van der Waals surface area contributed by atoms with Crippen molar-refractivity contribution < 1.29 is 17.9 Å². The number of carbonyl (C=O) groups is 1. The second-order valence-electron chi connectivity index (χ2n) is 5.48. The number of ketones is 1. The summed E-state index contributed by atoms with van der Waals surface area (Å²) in [5.74, 6) is 0.375. The maximum atomic E-state index is 12.3. The van der Waals surface area contributed by atoms with Crippen molar-refractivity contribution in [3.8, 4) is 5.75 Å². The van der Waals surface area contributed by atoms with Gasteiger partial charge in [0, 0.05) is 29.8 Å². The van der Waals surface area contributed by atoms with E-state index in [0.29, 0.717) is 11.3 Å². The number of ether oxygens (including phenoxy) is 1. The molecule has 5 nitrogen and oxygen atoms in total. The third-order valence-corrected chi connectivity index (χ3v) is 4.94. The van der Waals surface area contributed by atoms with Crippen molar-refractivity contribution in [3.05, 3.63) is 47.3 Å². The minimum absolute atomic E-state index is 0.0772. The summed E-state index contributed by atoms with van der Waals surface area (Å²) < 4.78 is 30.3. The van der Waals surface area contributed by atoms with Crippen LogP contribution in [0.2, 0.25) is 0 Å². The fourth-order valence-corrected chi connectivity index (χ4v) is 3.21. The maximum Gasteiger partial charge on any atom is 0.202 e. The van der Waals surface area contributed by atoms with Crippen molar-refractivity contribution in [2.24, 2.45) is 0 Å². The zero-order chi connectivity index (χ0) is 17.2. The number of Topliss-reactive ketones (excluding diaryl/α,β-unsaturated/α-hetero) is 1. The number of aryl methyl sites for hydroxylation is 1. The van der Waals surface area contributed by atoms with E-state index < -0.39 is 9.84 Å². The maximum absolute atomic E-state index is 12.3. The van der Waals surface area contributed by atoms with Gasteiger partial charge in [0.25, 0.3) is 0 Å². The fourth-order valence-electron chi connectivity index (χ4n) is 2.58. The van der Waals surface area contributed by atoms with Crippen LogP contribution >= 0.6 is 0 Å². The highest BCUT2D eigenvalue weighted by Crippen LogP contribution is 2.18. The van der Waals surface area contributed by atoms with Crippen LogP contribution < -0.4 is 4.74 Å². The first-order valence-corrected chi connectivity index (χ1v) is 9.26. The minimum Gasteiger partial charge on any atom is -0.485 e. The number of carbonyl (C=O) groups excluding carboxylic acids is 1. The van der Waals surface area contributed by atoms with Gasteiger partial charge in [0.2, 0.25) is 5.78 Å². The summed E-state index contributed by atoms with van der Waals surface area (Å²) in [6.07, 6.45) is 1.15. The molecule has 0 N–H and O–H groups in total. The van der Waals surface area contributed by atoms with Gasteiger partial charge in [-0.1, -0.05) is 0 Å². The highest BCUT2D eigenvalue weighted by atomic mass is 32.2.